The first-order valence-electron chi connectivity index (χ1n) is 10.5. The lowest BCUT2D eigenvalue weighted by atomic mass is 10.1. The van der Waals surface area contributed by atoms with Gasteiger partial charge in [-0.05, 0) is 30.5 Å². The largest absolute Gasteiger partial charge is 0.406 e. The summed E-state index contributed by atoms with van der Waals surface area (Å²) in [6, 6.07) is 12.4. The molecule has 162 valence electrons. The number of nitrogens with zero attached hydrogens (tertiary/aromatic N) is 3. The molecule has 8 heteroatoms. The lowest BCUT2D eigenvalue weighted by Gasteiger charge is -2.18. The fraction of sp³-hybridized carbons (Fsp3) is 0.348. The third kappa shape index (κ3) is 5.07. The molecule has 2 heterocycles. The number of halogens is 2. The zero-order chi connectivity index (χ0) is 21.6. The number of carbonyl (C=O) groups is 1. The van der Waals surface area contributed by atoms with Crippen molar-refractivity contribution in [2.24, 2.45) is 0 Å². The molecule has 1 N–H and O–H groups in total. The molecule has 4 rings (SSSR count). The van der Waals surface area contributed by atoms with Gasteiger partial charge in [0.1, 0.15) is 23.2 Å². The zero-order valence-corrected chi connectivity index (χ0v) is 17.1. The van der Waals surface area contributed by atoms with Crippen LogP contribution in [0.5, 0.6) is 0 Å². The Bertz CT molecular complexity index is 997. The van der Waals surface area contributed by atoms with Gasteiger partial charge in [-0.1, -0.05) is 54.3 Å². The highest BCUT2D eigenvalue weighted by Crippen LogP contribution is 2.24. The van der Waals surface area contributed by atoms with Crippen LogP contribution in [0, 0.1) is 11.6 Å². The second kappa shape index (κ2) is 9.68. The monoisotopic (exact) mass is 426 g/mol. The second-order valence-electron chi connectivity index (χ2n) is 7.64. The minimum Gasteiger partial charge on any atom is -0.406 e. The normalized spacial score (nSPS) is 15.4. The van der Waals surface area contributed by atoms with Gasteiger partial charge in [-0.25, -0.2) is 8.78 Å². The van der Waals surface area contributed by atoms with Gasteiger partial charge in [0, 0.05) is 19.5 Å². The summed E-state index contributed by atoms with van der Waals surface area (Å²) in [4.78, 5) is 14.8. The van der Waals surface area contributed by atoms with Crippen LogP contribution in [0.3, 0.4) is 0 Å². The number of rotatable bonds is 6. The van der Waals surface area contributed by atoms with E-state index in [-0.39, 0.29) is 5.89 Å². The van der Waals surface area contributed by atoms with Crippen LogP contribution in [0.25, 0.3) is 0 Å². The molecule has 0 aliphatic carbocycles. The van der Waals surface area contributed by atoms with Crippen molar-refractivity contribution < 1.29 is 18.0 Å². The summed E-state index contributed by atoms with van der Waals surface area (Å²) >= 11 is 0. The molecule has 6 nitrogen and oxygen atoms in total. The molecule has 0 spiro atoms. The molecule has 0 unspecified atom stereocenters. The zero-order valence-electron chi connectivity index (χ0n) is 17.1. The average Bonchev–Trinajstić information content (AvgIpc) is 3.09. The smallest absolute Gasteiger partial charge is 0.318 e. The van der Waals surface area contributed by atoms with Crippen molar-refractivity contribution in [3.05, 3.63) is 77.2 Å². The first-order chi connectivity index (χ1) is 15.1. The van der Waals surface area contributed by atoms with Crippen molar-refractivity contribution in [3.63, 3.8) is 0 Å². The molecule has 1 amide bonds. The number of hydrogen-bond acceptors (Lipinski definition) is 5. The molecule has 31 heavy (non-hydrogen) atoms. The van der Waals surface area contributed by atoms with Crippen molar-refractivity contribution in [2.45, 2.75) is 38.1 Å². The highest BCUT2D eigenvalue weighted by atomic mass is 19.1. The molecule has 3 aromatic rings. The van der Waals surface area contributed by atoms with Crippen LogP contribution >= 0.6 is 0 Å². The van der Waals surface area contributed by atoms with E-state index in [4.69, 9.17) is 4.42 Å². The Morgan fingerprint density at radius 1 is 0.968 bits per heavy atom. The molecular weight excluding hydrogens is 402 g/mol. The van der Waals surface area contributed by atoms with Gasteiger partial charge in [0.15, 0.2) is 0 Å². The van der Waals surface area contributed by atoms with E-state index in [2.05, 4.69) is 15.5 Å². The quantitative estimate of drug-likeness (QED) is 0.631. The predicted molar refractivity (Wildman–Crippen MR) is 112 cm³/mol. The van der Waals surface area contributed by atoms with Crippen LogP contribution in [0.15, 0.2) is 52.9 Å². The Kier molecular flexibility index (Phi) is 6.54. The molecule has 1 saturated heterocycles. The molecule has 1 aromatic heterocycles. The van der Waals surface area contributed by atoms with E-state index in [1.165, 1.54) is 18.9 Å². The van der Waals surface area contributed by atoms with Gasteiger partial charge in [-0.3, -0.25) is 4.79 Å². The lowest BCUT2D eigenvalue weighted by Crippen LogP contribution is -2.31. The second-order valence-corrected chi connectivity index (χ2v) is 7.64. The van der Waals surface area contributed by atoms with Gasteiger partial charge in [0.25, 0.3) is 5.91 Å². The number of aromatic nitrogens is 2. The van der Waals surface area contributed by atoms with Crippen LogP contribution in [0.4, 0.5) is 14.8 Å². The maximum absolute atomic E-state index is 14.1. The molecule has 1 fully saturated rings. The third-order valence-corrected chi connectivity index (χ3v) is 5.38. The number of anilines is 1. The number of benzene rings is 2. The fourth-order valence-electron chi connectivity index (χ4n) is 3.75. The van der Waals surface area contributed by atoms with E-state index in [9.17, 15) is 13.6 Å². The summed E-state index contributed by atoms with van der Waals surface area (Å²) in [5.74, 6) is -2.52. The Morgan fingerprint density at radius 2 is 1.65 bits per heavy atom. The molecule has 0 saturated carbocycles. The van der Waals surface area contributed by atoms with E-state index in [0.717, 1.165) is 43.6 Å². The molecule has 2 aromatic carbocycles. The summed E-state index contributed by atoms with van der Waals surface area (Å²) in [7, 11) is 0. The van der Waals surface area contributed by atoms with Crippen LogP contribution in [0.2, 0.25) is 0 Å². The Morgan fingerprint density at radius 3 is 2.32 bits per heavy atom. The molecule has 1 atom stereocenters. The SMILES string of the molecule is O=C(N[C@H](Cc1ccccc1)c1nnc(N2CCCCCC2)o1)c1c(F)cccc1F. The van der Waals surface area contributed by atoms with Crippen LogP contribution in [0.1, 0.15) is 53.5 Å². The Balaban J connectivity index is 1.59. The first-order valence-corrected chi connectivity index (χ1v) is 10.5. The average molecular weight is 426 g/mol. The van der Waals surface area contributed by atoms with E-state index in [1.54, 1.807) is 0 Å². The first kappa shape index (κ1) is 21.0. The van der Waals surface area contributed by atoms with Crippen LogP contribution in [-0.2, 0) is 6.42 Å². The van der Waals surface area contributed by atoms with Crippen molar-refractivity contribution >= 4 is 11.9 Å². The summed E-state index contributed by atoms with van der Waals surface area (Å²) in [5.41, 5.74) is 0.282. The van der Waals surface area contributed by atoms with E-state index < -0.39 is 29.1 Å². The minimum atomic E-state index is -0.924. The van der Waals surface area contributed by atoms with Gasteiger partial charge in [-0.15, -0.1) is 5.10 Å². The van der Waals surface area contributed by atoms with Gasteiger partial charge in [-0.2, -0.15) is 0 Å². The standard InChI is InChI=1S/C23H24F2N4O2/c24-17-11-8-12-18(25)20(17)21(30)26-19(15-16-9-4-3-5-10-16)22-27-28-23(31-22)29-13-6-1-2-7-14-29/h3-5,8-12,19H,1-2,6-7,13-15H2,(H,26,30)/t19-/m1/s1. The number of amides is 1. The number of hydrogen-bond donors (Lipinski definition) is 1. The van der Waals surface area contributed by atoms with Crippen molar-refractivity contribution in [2.75, 3.05) is 18.0 Å². The highest BCUT2D eigenvalue weighted by Gasteiger charge is 2.26. The van der Waals surface area contributed by atoms with Crippen molar-refractivity contribution in [1.29, 1.82) is 0 Å². The molecule has 1 aliphatic heterocycles. The summed E-state index contributed by atoms with van der Waals surface area (Å²) in [6.45, 7) is 1.66. The Labute approximate surface area is 179 Å². The highest BCUT2D eigenvalue weighted by molar-refractivity contribution is 5.95. The molecular formula is C23H24F2N4O2. The van der Waals surface area contributed by atoms with Crippen molar-refractivity contribution in [3.8, 4) is 0 Å². The van der Waals surface area contributed by atoms with E-state index in [0.29, 0.717) is 12.4 Å². The van der Waals surface area contributed by atoms with Crippen molar-refractivity contribution in [1.82, 2.24) is 15.5 Å². The summed E-state index contributed by atoms with van der Waals surface area (Å²) < 4.78 is 34.1. The van der Waals surface area contributed by atoms with E-state index >= 15 is 0 Å². The molecule has 0 radical (unpaired) electrons. The molecule has 0 bridgehead atoms. The topological polar surface area (TPSA) is 71.3 Å². The predicted octanol–water partition coefficient (Wildman–Crippen LogP) is 4.44. The molecule has 1 aliphatic rings. The third-order valence-electron chi connectivity index (χ3n) is 5.38. The van der Waals surface area contributed by atoms with E-state index in [1.807, 2.05) is 35.2 Å². The number of nitrogens with one attached hydrogen (secondary N) is 1. The summed E-state index contributed by atoms with van der Waals surface area (Å²) in [6.07, 6.45) is 4.77. The van der Waals surface area contributed by atoms with Gasteiger partial charge in [0.2, 0.25) is 5.89 Å². The maximum Gasteiger partial charge on any atom is 0.318 e. The van der Waals surface area contributed by atoms with Crippen LogP contribution < -0.4 is 10.2 Å². The Hall–Kier alpha value is -3.29. The van der Waals surface area contributed by atoms with Gasteiger partial charge < -0.3 is 14.6 Å². The summed E-state index contributed by atoms with van der Waals surface area (Å²) in [5, 5.41) is 11.0. The van der Waals surface area contributed by atoms with Crippen LogP contribution in [-0.4, -0.2) is 29.2 Å². The maximum atomic E-state index is 14.1. The lowest BCUT2D eigenvalue weighted by molar-refractivity contribution is 0.0921. The van der Waals surface area contributed by atoms with Gasteiger partial charge in [0.05, 0.1) is 0 Å². The number of carbonyl (C=O) groups excluding carboxylic acids is 1. The minimum absolute atomic E-state index is 0.202. The fourth-order valence-corrected chi connectivity index (χ4v) is 3.75. The van der Waals surface area contributed by atoms with Gasteiger partial charge >= 0.3 is 6.01 Å².